The van der Waals surface area contributed by atoms with Gasteiger partial charge in [0.1, 0.15) is 23.7 Å². The summed E-state index contributed by atoms with van der Waals surface area (Å²) in [7, 11) is 0. The maximum atomic E-state index is 13.0. The van der Waals surface area contributed by atoms with Crippen LogP contribution in [0.2, 0.25) is 10.0 Å². The average molecular weight is 485 g/mol. The van der Waals surface area contributed by atoms with Crippen molar-refractivity contribution >= 4 is 40.5 Å². The topological polar surface area (TPSA) is 99.3 Å². The van der Waals surface area contributed by atoms with Gasteiger partial charge in [-0.25, -0.2) is 8.78 Å². The van der Waals surface area contributed by atoms with Gasteiger partial charge in [-0.1, -0.05) is 23.2 Å². The summed E-state index contributed by atoms with van der Waals surface area (Å²) in [5.41, 5.74) is 0.0358. The van der Waals surface area contributed by atoms with E-state index in [9.17, 15) is 23.7 Å². The number of carbonyl (C=O) groups excluding carboxylic acids is 1. The first-order valence-corrected chi connectivity index (χ1v) is 9.85. The number of alkyl halides is 2. The van der Waals surface area contributed by atoms with Crippen molar-refractivity contribution in [1.82, 2.24) is 9.78 Å². The van der Waals surface area contributed by atoms with Crippen molar-refractivity contribution < 1.29 is 23.2 Å². The lowest BCUT2D eigenvalue weighted by Gasteiger charge is -2.11. The van der Waals surface area contributed by atoms with Gasteiger partial charge >= 0.3 is 0 Å². The molecule has 0 saturated heterocycles. The number of amides is 1. The number of anilines is 1. The molecule has 0 fully saturated rings. The molecule has 2 aromatic carbocycles. The number of nitro groups is 1. The van der Waals surface area contributed by atoms with Gasteiger partial charge in [-0.15, -0.1) is 0 Å². The number of nitrogens with one attached hydrogen (secondary N) is 1. The van der Waals surface area contributed by atoms with E-state index in [1.165, 1.54) is 19.1 Å². The Morgan fingerprint density at radius 3 is 2.56 bits per heavy atom. The minimum atomic E-state index is -2.89. The van der Waals surface area contributed by atoms with Crippen molar-refractivity contribution in [2.45, 2.75) is 26.8 Å². The van der Waals surface area contributed by atoms with E-state index in [-0.39, 0.29) is 27.8 Å². The number of rotatable bonds is 7. The molecule has 1 aromatic heterocycles. The van der Waals surface area contributed by atoms with E-state index in [1.807, 2.05) is 0 Å². The van der Waals surface area contributed by atoms with E-state index in [1.54, 1.807) is 25.1 Å². The van der Waals surface area contributed by atoms with E-state index >= 15 is 0 Å². The van der Waals surface area contributed by atoms with Crippen LogP contribution in [0.5, 0.6) is 11.5 Å². The fourth-order valence-electron chi connectivity index (χ4n) is 2.85. The number of benzene rings is 2. The van der Waals surface area contributed by atoms with Crippen LogP contribution >= 0.6 is 23.2 Å². The molecule has 32 heavy (non-hydrogen) atoms. The van der Waals surface area contributed by atoms with Gasteiger partial charge in [0, 0.05) is 17.2 Å². The first-order chi connectivity index (χ1) is 15.0. The van der Waals surface area contributed by atoms with Gasteiger partial charge in [0.25, 0.3) is 12.1 Å². The fourth-order valence-corrected chi connectivity index (χ4v) is 3.30. The van der Waals surface area contributed by atoms with Gasteiger partial charge in [0.2, 0.25) is 5.91 Å². The lowest BCUT2D eigenvalue weighted by atomic mass is 10.2. The molecular formula is C20H16Cl2F2N4O4. The lowest BCUT2D eigenvalue weighted by Crippen LogP contribution is -2.20. The monoisotopic (exact) mass is 484 g/mol. The van der Waals surface area contributed by atoms with Crippen molar-refractivity contribution in [1.29, 1.82) is 0 Å². The minimum Gasteiger partial charge on any atom is -0.457 e. The third kappa shape index (κ3) is 5.32. The smallest absolute Gasteiger partial charge is 0.283 e. The number of nitro benzene ring substituents is 1. The molecule has 1 heterocycles. The molecule has 0 bridgehead atoms. The quantitative estimate of drug-likeness (QED) is 0.323. The second-order valence-electron chi connectivity index (χ2n) is 6.78. The van der Waals surface area contributed by atoms with Crippen LogP contribution in [0.4, 0.5) is 20.2 Å². The van der Waals surface area contributed by atoms with E-state index in [4.69, 9.17) is 27.9 Å². The van der Waals surface area contributed by atoms with Gasteiger partial charge < -0.3 is 10.1 Å². The highest BCUT2D eigenvalue weighted by Crippen LogP contribution is 2.32. The maximum absolute atomic E-state index is 13.0. The zero-order chi connectivity index (χ0) is 23.6. The van der Waals surface area contributed by atoms with Crippen LogP contribution in [-0.4, -0.2) is 20.6 Å². The fraction of sp³-hybridized carbons (Fsp3) is 0.200. The number of ether oxygens (including phenoxy) is 1. The first kappa shape index (κ1) is 23.4. The largest absolute Gasteiger partial charge is 0.457 e. The Morgan fingerprint density at radius 2 is 1.97 bits per heavy atom. The summed E-state index contributed by atoms with van der Waals surface area (Å²) in [6.07, 6.45) is -2.89. The summed E-state index contributed by atoms with van der Waals surface area (Å²) >= 11 is 11.8. The number of nitrogens with zero attached hydrogens (tertiary/aromatic N) is 3. The Bertz CT molecular complexity index is 1200. The third-order valence-corrected chi connectivity index (χ3v) is 5.11. The average Bonchev–Trinajstić information content (AvgIpc) is 2.98. The van der Waals surface area contributed by atoms with E-state index in [0.29, 0.717) is 16.3 Å². The molecule has 12 heteroatoms. The summed E-state index contributed by atoms with van der Waals surface area (Å²) in [5.74, 6) is -0.117. The summed E-state index contributed by atoms with van der Waals surface area (Å²) in [4.78, 5) is 23.1. The predicted octanol–water partition coefficient (Wildman–Crippen LogP) is 6.08. The Kier molecular flexibility index (Phi) is 6.95. The SMILES string of the molecule is Cc1cc(Cl)ccc1Oc1cc(NC(=O)Cn2nc(C(F)F)c(Cl)c2C)cc([N+](=O)[O-])c1. The van der Waals surface area contributed by atoms with Crippen molar-refractivity contribution in [3.05, 3.63) is 73.5 Å². The van der Waals surface area contributed by atoms with Crippen LogP contribution in [0.25, 0.3) is 0 Å². The van der Waals surface area contributed by atoms with Crippen molar-refractivity contribution in [3.8, 4) is 11.5 Å². The van der Waals surface area contributed by atoms with Crippen LogP contribution in [0.15, 0.2) is 36.4 Å². The van der Waals surface area contributed by atoms with Crippen LogP contribution in [0.3, 0.4) is 0 Å². The molecule has 1 amide bonds. The Balaban J connectivity index is 1.83. The highest BCUT2D eigenvalue weighted by molar-refractivity contribution is 6.32. The number of halogens is 4. The molecule has 0 aliphatic carbocycles. The summed E-state index contributed by atoms with van der Waals surface area (Å²) < 4.78 is 32.7. The summed E-state index contributed by atoms with van der Waals surface area (Å²) in [5, 5.41) is 17.7. The van der Waals surface area contributed by atoms with Crippen molar-refractivity contribution in [2.75, 3.05) is 5.32 Å². The van der Waals surface area contributed by atoms with Crippen molar-refractivity contribution in [3.63, 3.8) is 0 Å². The van der Waals surface area contributed by atoms with Gasteiger partial charge in [0.15, 0.2) is 0 Å². The molecule has 0 unspecified atom stereocenters. The molecule has 0 saturated carbocycles. The molecule has 8 nitrogen and oxygen atoms in total. The molecule has 0 aliphatic heterocycles. The molecule has 0 atom stereocenters. The maximum Gasteiger partial charge on any atom is 0.283 e. The number of hydrogen-bond donors (Lipinski definition) is 1. The summed E-state index contributed by atoms with van der Waals surface area (Å²) in [6, 6.07) is 8.63. The predicted molar refractivity (Wildman–Crippen MR) is 115 cm³/mol. The van der Waals surface area contributed by atoms with E-state index in [0.717, 1.165) is 10.7 Å². The number of non-ortho nitro benzene ring substituents is 1. The van der Waals surface area contributed by atoms with Crippen LogP contribution in [-0.2, 0) is 11.3 Å². The molecule has 3 rings (SSSR count). The van der Waals surface area contributed by atoms with Gasteiger partial charge in [-0.05, 0) is 37.6 Å². The minimum absolute atomic E-state index is 0.0794. The first-order valence-electron chi connectivity index (χ1n) is 9.09. The van der Waals surface area contributed by atoms with Crippen molar-refractivity contribution in [2.24, 2.45) is 0 Å². The zero-order valence-electron chi connectivity index (χ0n) is 16.7. The van der Waals surface area contributed by atoms with E-state index in [2.05, 4.69) is 10.4 Å². The summed E-state index contributed by atoms with van der Waals surface area (Å²) in [6.45, 7) is 2.78. The normalized spacial score (nSPS) is 11.0. The van der Waals surface area contributed by atoms with Gasteiger partial charge in [-0.2, -0.15) is 5.10 Å². The lowest BCUT2D eigenvalue weighted by molar-refractivity contribution is -0.384. The molecule has 3 aromatic rings. The van der Waals surface area contributed by atoms with Crippen LogP contribution < -0.4 is 10.1 Å². The van der Waals surface area contributed by atoms with Gasteiger partial charge in [-0.3, -0.25) is 19.6 Å². The Hall–Kier alpha value is -3.24. The number of aromatic nitrogens is 2. The second kappa shape index (κ2) is 9.49. The Morgan fingerprint density at radius 1 is 1.25 bits per heavy atom. The number of hydrogen-bond acceptors (Lipinski definition) is 5. The molecule has 0 spiro atoms. The highest BCUT2D eigenvalue weighted by atomic mass is 35.5. The molecular weight excluding hydrogens is 469 g/mol. The Labute approximate surface area is 190 Å². The molecule has 168 valence electrons. The highest BCUT2D eigenvalue weighted by Gasteiger charge is 2.22. The van der Waals surface area contributed by atoms with E-state index < -0.39 is 29.5 Å². The molecule has 0 aliphatic rings. The van der Waals surface area contributed by atoms with Gasteiger partial charge in [0.05, 0.1) is 27.4 Å². The number of aryl methyl sites for hydroxylation is 1. The standard InChI is InChI=1S/C20H16Cl2F2N4O4/c1-10-5-12(21)3-4-16(10)32-15-7-13(6-14(8-15)28(30)31)25-17(29)9-27-11(2)18(22)19(26-27)20(23)24/h3-8,20H,9H2,1-2H3,(H,25,29). The third-order valence-electron chi connectivity index (χ3n) is 4.41. The van der Waals surface area contributed by atoms with Crippen LogP contribution in [0.1, 0.15) is 23.4 Å². The zero-order valence-corrected chi connectivity index (χ0v) is 18.2. The second-order valence-corrected chi connectivity index (χ2v) is 7.59. The molecule has 1 N–H and O–H groups in total. The molecule has 0 radical (unpaired) electrons. The van der Waals surface area contributed by atoms with Crippen LogP contribution in [0, 0.1) is 24.0 Å². The number of carbonyl (C=O) groups is 1.